The van der Waals surface area contributed by atoms with Gasteiger partial charge in [0.15, 0.2) is 0 Å². The maximum Gasteiger partial charge on any atom is 0.273 e. The van der Waals surface area contributed by atoms with Crippen LogP contribution in [0.5, 0.6) is 0 Å². The van der Waals surface area contributed by atoms with Gasteiger partial charge in [0.2, 0.25) is 0 Å². The smallest absolute Gasteiger partial charge is 0.273 e. The molecule has 4 heteroatoms. The molecule has 1 aromatic carbocycles. The summed E-state index contributed by atoms with van der Waals surface area (Å²) in [5.74, 6) is 0. The van der Waals surface area contributed by atoms with Crippen molar-refractivity contribution in [2.45, 2.75) is 0 Å². The van der Waals surface area contributed by atoms with Crippen LogP contribution in [0.4, 0.5) is 11.4 Å². The summed E-state index contributed by atoms with van der Waals surface area (Å²) in [4.78, 5) is 16.7. The van der Waals surface area contributed by atoms with Crippen LogP contribution in [0.1, 0.15) is 0 Å². The molecule has 3 rings (SSSR count). The maximum absolute atomic E-state index is 12.1. The van der Waals surface area contributed by atoms with Gasteiger partial charge in [-0.2, -0.15) is 0 Å². The number of anilines is 2. The summed E-state index contributed by atoms with van der Waals surface area (Å²) in [6, 6.07) is 14.3. The lowest BCUT2D eigenvalue weighted by Gasteiger charge is -2.37. The lowest BCUT2D eigenvalue weighted by molar-refractivity contribution is 0.647. The molecule has 0 amide bonds. The first-order chi connectivity index (χ1) is 9.75. The van der Waals surface area contributed by atoms with Gasteiger partial charge in [0.1, 0.15) is 5.69 Å². The van der Waals surface area contributed by atoms with Gasteiger partial charge in [-0.15, -0.1) is 0 Å². The summed E-state index contributed by atoms with van der Waals surface area (Å²) in [5.41, 5.74) is 2.15. The number of benzene rings is 1. The van der Waals surface area contributed by atoms with E-state index in [0.29, 0.717) is 0 Å². The first-order valence-electron chi connectivity index (χ1n) is 6.96. The SMILES string of the molecule is Cn1cccc(N2CCN(c3ccccc3)CC2)c1=O. The van der Waals surface area contributed by atoms with Crippen LogP contribution in [-0.4, -0.2) is 30.7 Å². The van der Waals surface area contributed by atoms with Gasteiger partial charge < -0.3 is 14.4 Å². The third-order valence-corrected chi connectivity index (χ3v) is 3.84. The highest BCUT2D eigenvalue weighted by molar-refractivity contribution is 5.50. The minimum Gasteiger partial charge on any atom is -0.368 e. The number of nitrogens with zero attached hydrogens (tertiary/aromatic N) is 3. The Balaban J connectivity index is 1.73. The van der Waals surface area contributed by atoms with Crippen molar-refractivity contribution in [3.63, 3.8) is 0 Å². The van der Waals surface area contributed by atoms with E-state index in [-0.39, 0.29) is 5.56 Å². The number of para-hydroxylation sites is 1. The molecule has 0 unspecified atom stereocenters. The van der Waals surface area contributed by atoms with Crippen molar-refractivity contribution < 1.29 is 0 Å². The number of aryl methyl sites for hydroxylation is 1. The maximum atomic E-state index is 12.1. The fourth-order valence-electron chi connectivity index (χ4n) is 2.67. The highest BCUT2D eigenvalue weighted by Gasteiger charge is 2.19. The average molecular weight is 269 g/mol. The molecule has 0 saturated carbocycles. The van der Waals surface area contributed by atoms with Crippen LogP contribution < -0.4 is 15.4 Å². The van der Waals surface area contributed by atoms with E-state index in [1.54, 1.807) is 17.8 Å². The molecule has 104 valence electrons. The first-order valence-corrected chi connectivity index (χ1v) is 6.96. The molecular weight excluding hydrogens is 250 g/mol. The highest BCUT2D eigenvalue weighted by Crippen LogP contribution is 2.17. The third-order valence-electron chi connectivity index (χ3n) is 3.84. The van der Waals surface area contributed by atoms with Gasteiger partial charge in [0.05, 0.1) is 0 Å². The van der Waals surface area contributed by atoms with Gasteiger partial charge >= 0.3 is 0 Å². The topological polar surface area (TPSA) is 28.5 Å². The summed E-state index contributed by atoms with van der Waals surface area (Å²) < 4.78 is 1.64. The van der Waals surface area contributed by atoms with Crippen molar-refractivity contribution in [1.82, 2.24) is 4.57 Å². The minimum atomic E-state index is 0.0839. The summed E-state index contributed by atoms with van der Waals surface area (Å²) >= 11 is 0. The van der Waals surface area contributed by atoms with E-state index >= 15 is 0 Å². The lowest BCUT2D eigenvalue weighted by atomic mass is 10.2. The van der Waals surface area contributed by atoms with Crippen molar-refractivity contribution in [3.05, 3.63) is 59.0 Å². The van der Waals surface area contributed by atoms with Crippen LogP contribution in [-0.2, 0) is 7.05 Å². The number of piperazine rings is 1. The van der Waals surface area contributed by atoms with E-state index in [1.165, 1.54) is 5.69 Å². The van der Waals surface area contributed by atoms with E-state index in [4.69, 9.17) is 0 Å². The largest absolute Gasteiger partial charge is 0.368 e. The van der Waals surface area contributed by atoms with E-state index in [1.807, 2.05) is 18.2 Å². The quantitative estimate of drug-likeness (QED) is 0.831. The second kappa shape index (κ2) is 5.41. The van der Waals surface area contributed by atoms with Crippen LogP contribution in [0.2, 0.25) is 0 Å². The molecule has 1 fully saturated rings. The van der Waals surface area contributed by atoms with Crippen molar-refractivity contribution in [3.8, 4) is 0 Å². The molecule has 0 atom stereocenters. The van der Waals surface area contributed by atoms with Gasteiger partial charge in [-0.05, 0) is 24.3 Å². The summed E-state index contributed by atoms with van der Waals surface area (Å²) in [6.45, 7) is 3.66. The van der Waals surface area contributed by atoms with Crippen LogP contribution in [0.3, 0.4) is 0 Å². The molecule has 0 spiro atoms. The van der Waals surface area contributed by atoms with Crippen molar-refractivity contribution >= 4 is 11.4 Å². The second-order valence-electron chi connectivity index (χ2n) is 5.12. The fraction of sp³-hybridized carbons (Fsp3) is 0.312. The van der Waals surface area contributed by atoms with Crippen molar-refractivity contribution in [2.75, 3.05) is 36.0 Å². The van der Waals surface area contributed by atoms with E-state index in [0.717, 1.165) is 31.9 Å². The van der Waals surface area contributed by atoms with Crippen LogP contribution >= 0.6 is 0 Å². The zero-order chi connectivity index (χ0) is 13.9. The molecule has 1 aromatic heterocycles. The number of hydrogen-bond donors (Lipinski definition) is 0. The number of pyridine rings is 1. The standard InChI is InChI=1S/C16H19N3O/c1-17-9-5-8-15(16(17)20)19-12-10-18(11-13-19)14-6-3-2-4-7-14/h2-9H,10-13H2,1H3. The van der Waals surface area contributed by atoms with Crippen LogP contribution in [0, 0.1) is 0 Å². The van der Waals surface area contributed by atoms with Gasteiger partial charge in [-0.25, -0.2) is 0 Å². The predicted molar refractivity (Wildman–Crippen MR) is 82.6 cm³/mol. The summed E-state index contributed by atoms with van der Waals surface area (Å²) in [5, 5.41) is 0. The predicted octanol–water partition coefficient (Wildman–Crippen LogP) is 1.71. The third kappa shape index (κ3) is 2.41. The van der Waals surface area contributed by atoms with Crippen molar-refractivity contribution in [2.24, 2.45) is 7.05 Å². The monoisotopic (exact) mass is 269 g/mol. The molecule has 1 aliphatic rings. The Hall–Kier alpha value is -2.23. The van der Waals surface area contributed by atoms with Crippen LogP contribution in [0.15, 0.2) is 53.5 Å². The Morgan fingerprint density at radius 1 is 0.850 bits per heavy atom. The minimum absolute atomic E-state index is 0.0839. The Labute approximate surface area is 118 Å². The fourth-order valence-corrected chi connectivity index (χ4v) is 2.67. The summed E-state index contributed by atoms with van der Waals surface area (Å²) in [7, 11) is 1.80. The molecule has 0 radical (unpaired) electrons. The highest BCUT2D eigenvalue weighted by atomic mass is 16.1. The zero-order valence-electron chi connectivity index (χ0n) is 11.7. The van der Waals surface area contributed by atoms with E-state index < -0.39 is 0 Å². The Morgan fingerprint density at radius 2 is 1.50 bits per heavy atom. The molecule has 2 aromatic rings. The Bertz CT molecular complexity index is 628. The zero-order valence-corrected chi connectivity index (χ0v) is 11.7. The normalized spacial score (nSPS) is 15.4. The molecule has 1 saturated heterocycles. The molecule has 0 aliphatic carbocycles. The first kappa shape index (κ1) is 12.8. The summed E-state index contributed by atoms with van der Waals surface area (Å²) in [6.07, 6.45) is 1.80. The molecule has 1 aliphatic heterocycles. The molecular formula is C16H19N3O. The Kier molecular flexibility index (Phi) is 3.46. The van der Waals surface area contributed by atoms with Gasteiger partial charge in [-0.3, -0.25) is 4.79 Å². The molecule has 0 bridgehead atoms. The van der Waals surface area contributed by atoms with Gasteiger partial charge in [-0.1, -0.05) is 18.2 Å². The average Bonchev–Trinajstić information content (AvgIpc) is 2.51. The molecule has 4 nitrogen and oxygen atoms in total. The van der Waals surface area contributed by atoms with Crippen LogP contribution in [0.25, 0.3) is 0 Å². The number of aromatic nitrogens is 1. The number of rotatable bonds is 2. The van der Waals surface area contributed by atoms with Crippen molar-refractivity contribution in [1.29, 1.82) is 0 Å². The lowest BCUT2D eigenvalue weighted by Crippen LogP contribution is -2.48. The van der Waals surface area contributed by atoms with Gasteiger partial charge in [0, 0.05) is 45.1 Å². The van der Waals surface area contributed by atoms with E-state index in [2.05, 4.69) is 34.1 Å². The number of hydrogen-bond acceptors (Lipinski definition) is 3. The molecule has 2 heterocycles. The van der Waals surface area contributed by atoms with Gasteiger partial charge in [0.25, 0.3) is 5.56 Å². The molecule has 0 N–H and O–H groups in total. The second-order valence-corrected chi connectivity index (χ2v) is 5.12. The van der Waals surface area contributed by atoms with E-state index in [9.17, 15) is 4.79 Å². The molecule has 20 heavy (non-hydrogen) atoms. The Morgan fingerprint density at radius 3 is 2.20 bits per heavy atom.